The molecule has 1 atom stereocenters. The highest BCUT2D eigenvalue weighted by molar-refractivity contribution is 5.96. The molecule has 0 saturated carbocycles. The van der Waals surface area contributed by atoms with Crippen LogP contribution in [0.2, 0.25) is 0 Å². The quantitative estimate of drug-likeness (QED) is 0.778. The summed E-state index contributed by atoms with van der Waals surface area (Å²) in [6.45, 7) is 7.84. The van der Waals surface area contributed by atoms with Gasteiger partial charge in [0, 0.05) is 37.6 Å². The van der Waals surface area contributed by atoms with Crippen LogP contribution < -0.4 is 4.74 Å². The van der Waals surface area contributed by atoms with Gasteiger partial charge in [0.2, 0.25) is 0 Å². The molecule has 1 saturated heterocycles. The number of carbonyl (C=O) groups excluding carboxylic acids is 1. The molecule has 0 radical (unpaired) electrons. The number of pyridine rings is 1. The molecule has 5 nitrogen and oxygen atoms in total. The number of ether oxygens (including phenoxy) is 1. The number of benzene rings is 1. The van der Waals surface area contributed by atoms with Gasteiger partial charge in [-0.15, -0.1) is 0 Å². The zero-order valence-electron chi connectivity index (χ0n) is 16.1. The minimum Gasteiger partial charge on any atom is -0.487 e. The summed E-state index contributed by atoms with van der Waals surface area (Å²) < 4.78 is 6.31. The van der Waals surface area contributed by atoms with Gasteiger partial charge in [-0.25, -0.2) is 4.98 Å². The molecule has 1 aromatic carbocycles. The van der Waals surface area contributed by atoms with E-state index in [0.29, 0.717) is 18.3 Å². The highest BCUT2D eigenvalue weighted by Crippen LogP contribution is 2.27. The summed E-state index contributed by atoms with van der Waals surface area (Å²) in [4.78, 5) is 21.8. The molecule has 2 aliphatic rings. The van der Waals surface area contributed by atoms with Crippen molar-refractivity contribution in [3.8, 4) is 5.75 Å². The molecule has 0 N–H and O–H groups in total. The van der Waals surface area contributed by atoms with Gasteiger partial charge >= 0.3 is 0 Å². The van der Waals surface area contributed by atoms with Crippen molar-refractivity contribution in [1.29, 1.82) is 0 Å². The summed E-state index contributed by atoms with van der Waals surface area (Å²) in [7, 11) is 0. The number of carbonyl (C=O) groups is 1. The number of nitrogens with zero attached hydrogens (tertiary/aromatic N) is 3. The molecular formula is C22H27N3O2. The van der Waals surface area contributed by atoms with Crippen LogP contribution >= 0.6 is 0 Å². The van der Waals surface area contributed by atoms with E-state index in [0.717, 1.165) is 49.1 Å². The highest BCUT2D eigenvalue weighted by Gasteiger charge is 2.26. The summed E-state index contributed by atoms with van der Waals surface area (Å²) in [6.07, 6.45) is 6.25. The van der Waals surface area contributed by atoms with Crippen LogP contribution in [0.25, 0.3) is 10.9 Å². The maximum atomic E-state index is 12.8. The second kappa shape index (κ2) is 7.69. The Morgan fingerprint density at radius 1 is 1.19 bits per heavy atom. The lowest BCUT2D eigenvalue weighted by Crippen LogP contribution is -2.34. The van der Waals surface area contributed by atoms with Gasteiger partial charge in [-0.3, -0.25) is 9.69 Å². The molecule has 4 rings (SSSR count). The van der Waals surface area contributed by atoms with E-state index in [1.807, 2.05) is 41.3 Å². The van der Waals surface area contributed by atoms with E-state index in [4.69, 9.17) is 9.72 Å². The van der Waals surface area contributed by atoms with E-state index < -0.39 is 0 Å². The first-order valence-corrected chi connectivity index (χ1v) is 9.86. The Morgan fingerprint density at radius 3 is 2.81 bits per heavy atom. The lowest BCUT2D eigenvalue weighted by Gasteiger charge is -2.23. The van der Waals surface area contributed by atoms with Crippen LogP contribution in [-0.2, 0) is 0 Å². The maximum absolute atomic E-state index is 12.8. The van der Waals surface area contributed by atoms with Crippen LogP contribution in [0, 0.1) is 0 Å². The SMILES string of the molecule is CC(C)N1CCC(Oc2cccc3ccc(C(=O)N4CC=CCC4)nc23)C1. The van der Waals surface area contributed by atoms with E-state index in [1.165, 1.54) is 0 Å². The van der Waals surface area contributed by atoms with Crippen molar-refractivity contribution in [2.75, 3.05) is 26.2 Å². The Bertz CT molecular complexity index is 862. The van der Waals surface area contributed by atoms with Gasteiger partial charge in [-0.2, -0.15) is 0 Å². The van der Waals surface area contributed by atoms with E-state index in [1.54, 1.807) is 0 Å². The molecular weight excluding hydrogens is 338 g/mol. The zero-order valence-corrected chi connectivity index (χ0v) is 16.1. The first-order valence-electron chi connectivity index (χ1n) is 9.86. The standard InChI is InChI=1S/C22H27N3O2/c1-16(2)25-14-11-18(15-25)27-20-8-6-7-17-9-10-19(23-21(17)20)22(26)24-12-4-3-5-13-24/h3-4,6-10,16,18H,5,11-15H2,1-2H3. The Kier molecular flexibility index (Phi) is 5.12. The van der Waals surface area contributed by atoms with Crippen molar-refractivity contribution >= 4 is 16.8 Å². The molecule has 1 unspecified atom stereocenters. The van der Waals surface area contributed by atoms with Gasteiger partial charge in [0.15, 0.2) is 0 Å². The van der Waals surface area contributed by atoms with Crippen LogP contribution in [0.15, 0.2) is 42.5 Å². The Morgan fingerprint density at radius 2 is 2.07 bits per heavy atom. The van der Waals surface area contributed by atoms with Gasteiger partial charge in [-0.1, -0.05) is 30.4 Å². The first kappa shape index (κ1) is 18.0. The van der Waals surface area contributed by atoms with Crippen molar-refractivity contribution in [1.82, 2.24) is 14.8 Å². The Balaban J connectivity index is 1.58. The smallest absolute Gasteiger partial charge is 0.272 e. The summed E-state index contributed by atoms with van der Waals surface area (Å²) in [5.74, 6) is 0.763. The van der Waals surface area contributed by atoms with E-state index in [9.17, 15) is 4.79 Å². The number of amides is 1. The van der Waals surface area contributed by atoms with E-state index in [2.05, 4.69) is 24.8 Å². The predicted molar refractivity (Wildman–Crippen MR) is 107 cm³/mol. The Hall–Kier alpha value is -2.40. The molecule has 0 spiro atoms. The molecule has 27 heavy (non-hydrogen) atoms. The largest absolute Gasteiger partial charge is 0.487 e. The third kappa shape index (κ3) is 3.83. The van der Waals surface area contributed by atoms with Gasteiger partial charge in [0.25, 0.3) is 5.91 Å². The normalized spacial score (nSPS) is 20.6. The monoisotopic (exact) mass is 365 g/mol. The fourth-order valence-corrected chi connectivity index (χ4v) is 3.82. The lowest BCUT2D eigenvalue weighted by molar-refractivity contribution is 0.0765. The molecule has 0 bridgehead atoms. The van der Waals surface area contributed by atoms with Crippen molar-refractivity contribution in [2.45, 2.75) is 38.8 Å². The number of fused-ring (bicyclic) bond motifs is 1. The second-order valence-corrected chi connectivity index (χ2v) is 7.65. The van der Waals surface area contributed by atoms with Crippen LogP contribution in [0.4, 0.5) is 0 Å². The van der Waals surface area contributed by atoms with Crippen LogP contribution in [0.5, 0.6) is 5.75 Å². The number of hydrogen-bond donors (Lipinski definition) is 0. The number of likely N-dealkylation sites (tertiary alicyclic amines) is 1. The predicted octanol–water partition coefficient (Wildman–Crippen LogP) is 3.50. The topological polar surface area (TPSA) is 45.7 Å². The minimum atomic E-state index is -0.0112. The zero-order chi connectivity index (χ0) is 18.8. The molecule has 2 aromatic rings. The van der Waals surface area contributed by atoms with Crippen LogP contribution in [-0.4, -0.2) is 59.0 Å². The summed E-state index contributed by atoms with van der Waals surface area (Å²) in [5.41, 5.74) is 1.27. The number of hydrogen-bond acceptors (Lipinski definition) is 4. The lowest BCUT2D eigenvalue weighted by atomic mass is 10.1. The molecule has 2 aliphatic heterocycles. The molecule has 142 valence electrons. The molecule has 5 heteroatoms. The number of aromatic nitrogens is 1. The highest BCUT2D eigenvalue weighted by atomic mass is 16.5. The van der Waals surface area contributed by atoms with Gasteiger partial charge in [0.1, 0.15) is 23.1 Å². The second-order valence-electron chi connectivity index (χ2n) is 7.65. The first-order chi connectivity index (χ1) is 13.1. The van der Waals surface area contributed by atoms with E-state index in [-0.39, 0.29) is 12.0 Å². The van der Waals surface area contributed by atoms with Gasteiger partial charge < -0.3 is 9.64 Å². The van der Waals surface area contributed by atoms with E-state index >= 15 is 0 Å². The molecule has 1 fully saturated rings. The van der Waals surface area contributed by atoms with Gasteiger partial charge in [0.05, 0.1) is 0 Å². The van der Waals surface area contributed by atoms with Crippen molar-refractivity contribution in [2.24, 2.45) is 0 Å². The average molecular weight is 365 g/mol. The molecule has 1 amide bonds. The third-order valence-corrected chi connectivity index (χ3v) is 5.45. The maximum Gasteiger partial charge on any atom is 0.272 e. The summed E-state index contributed by atoms with van der Waals surface area (Å²) >= 11 is 0. The summed E-state index contributed by atoms with van der Waals surface area (Å²) in [5, 5.41) is 1.00. The fraction of sp³-hybridized carbons (Fsp3) is 0.455. The number of para-hydroxylation sites is 1. The molecule has 3 heterocycles. The minimum absolute atomic E-state index is 0.0112. The average Bonchev–Trinajstić information content (AvgIpc) is 3.17. The van der Waals surface area contributed by atoms with Crippen molar-refractivity contribution < 1.29 is 9.53 Å². The number of rotatable bonds is 4. The van der Waals surface area contributed by atoms with Crippen LogP contribution in [0.3, 0.4) is 0 Å². The molecule has 0 aliphatic carbocycles. The summed E-state index contributed by atoms with van der Waals surface area (Å²) in [6, 6.07) is 10.3. The fourth-order valence-electron chi connectivity index (χ4n) is 3.82. The third-order valence-electron chi connectivity index (χ3n) is 5.45. The van der Waals surface area contributed by atoms with Crippen molar-refractivity contribution in [3.63, 3.8) is 0 Å². The Labute approximate surface area is 160 Å². The molecule has 1 aromatic heterocycles. The van der Waals surface area contributed by atoms with Crippen molar-refractivity contribution in [3.05, 3.63) is 48.2 Å². The van der Waals surface area contributed by atoms with Gasteiger partial charge in [-0.05, 0) is 38.8 Å². The van der Waals surface area contributed by atoms with Crippen LogP contribution in [0.1, 0.15) is 37.2 Å².